The molecular formula is C14H16ClNOS. The minimum atomic E-state index is 0.199. The molecule has 1 heterocycles. The van der Waals surface area contributed by atoms with Gasteiger partial charge in [-0.25, -0.2) is 0 Å². The van der Waals surface area contributed by atoms with Gasteiger partial charge in [-0.1, -0.05) is 11.6 Å². The maximum absolute atomic E-state index is 9.64. The molecule has 2 aromatic rings. The fourth-order valence-electron chi connectivity index (χ4n) is 1.82. The van der Waals surface area contributed by atoms with Gasteiger partial charge in [0.25, 0.3) is 0 Å². The second kappa shape index (κ2) is 5.21. The number of rotatable bonds is 3. The molecule has 0 amide bonds. The van der Waals surface area contributed by atoms with E-state index in [-0.39, 0.29) is 6.04 Å². The van der Waals surface area contributed by atoms with Gasteiger partial charge in [-0.15, -0.1) is 11.3 Å². The molecule has 0 aliphatic rings. The number of aryl methyl sites for hydroxylation is 2. The lowest BCUT2D eigenvalue weighted by Crippen LogP contribution is -2.06. The van der Waals surface area contributed by atoms with Crippen LogP contribution in [0, 0.1) is 13.8 Å². The van der Waals surface area contributed by atoms with Crippen LogP contribution < -0.4 is 5.32 Å². The van der Waals surface area contributed by atoms with Crippen molar-refractivity contribution in [2.45, 2.75) is 26.8 Å². The number of hydrogen-bond acceptors (Lipinski definition) is 3. The highest BCUT2D eigenvalue weighted by atomic mass is 35.5. The summed E-state index contributed by atoms with van der Waals surface area (Å²) in [6.45, 7) is 5.98. The van der Waals surface area contributed by atoms with Crippen LogP contribution in [0.4, 0.5) is 5.69 Å². The largest absolute Gasteiger partial charge is 0.508 e. The van der Waals surface area contributed by atoms with Crippen molar-refractivity contribution in [3.8, 4) is 5.75 Å². The van der Waals surface area contributed by atoms with E-state index in [1.165, 1.54) is 4.88 Å². The van der Waals surface area contributed by atoms with Gasteiger partial charge in [-0.3, -0.25) is 0 Å². The highest BCUT2D eigenvalue weighted by molar-refractivity contribution is 7.16. The third-order valence-electron chi connectivity index (χ3n) is 2.94. The highest BCUT2D eigenvalue weighted by Crippen LogP contribution is 2.31. The zero-order valence-corrected chi connectivity index (χ0v) is 12.2. The predicted octanol–water partition coefficient (Wildman–Crippen LogP) is 4.90. The van der Waals surface area contributed by atoms with Gasteiger partial charge < -0.3 is 10.4 Å². The Morgan fingerprint density at radius 1 is 1.22 bits per heavy atom. The van der Waals surface area contributed by atoms with Crippen LogP contribution in [0.25, 0.3) is 0 Å². The van der Waals surface area contributed by atoms with Gasteiger partial charge in [-0.2, -0.15) is 0 Å². The first-order chi connectivity index (χ1) is 8.47. The average Bonchev–Trinajstić information content (AvgIpc) is 2.73. The van der Waals surface area contributed by atoms with E-state index in [4.69, 9.17) is 11.6 Å². The molecule has 0 fully saturated rings. The van der Waals surface area contributed by atoms with Gasteiger partial charge in [0.15, 0.2) is 0 Å². The summed E-state index contributed by atoms with van der Waals surface area (Å²) in [4.78, 5) is 1.20. The third-order valence-corrected chi connectivity index (χ3v) is 4.35. The maximum atomic E-state index is 9.64. The van der Waals surface area contributed by atoms with Crippen LogP contribution in [0.1, 0.15) is 29.0 Å². The van der Waals surface area contributed by atoms with Gasteiger partial charge in [0, 0.05) is 10.6 Å². The topological polar surface area (TPSA) is 32.3 Å². The van der Waals surface area contributed by atoms with E-state index in [1.54, 1.807) is 17.4 Å². The first-order valence-corrected chi connectivity index (χ1v) is 6.99. The normalized spacial score (nSPS) is 12.4. The van der Waals surface area contributed by atoms with Crippen molar-refractivity contribution in [2.75, 3.05) is 5.32 Å². The molecule has 2 N–H and O–H groups in total. The lowest BCUT2D eigenvalue weighted by molar-refractivity contribution is 0.471. The summed E-state index contributed by atoms with van der Waals surface area (Å²) in [5, 5.41) is 13.1. The Kier molecular flexibility index (Phi) is 3.83. The van der Waals surface area contributed by atoms with Crippen LogP contribution >= 0.6 is 22.9 Å². The number of thiophene rings is 1. The van der Waals surface area contributed by atoms with Gasteiger partial charge >= 0.3 is 0 Å². The zero-order chi connectivity index (χ0) is 13.3. The first-order valence-electron chi connectivity index (χ1n) is 5.79. The minimum Gasteiger partial charge on any atom is -0.508 e. The Balaban J connectivity index is 2.21. The summed E-state index contributed by atoms with van der Waals surface area (Å²) in [5.74, 6) is 0.338. The number of phenols is 1. The van der Waals surface area contributed by atoms with E-state index in [9.17, 15) is 5.11 Å². The van der Waals surface area contributed by atoms with Gasteiger partial charge in [-0.05, 0) is 56.2 Å². The molecule has 0 saturated heterocycles. The van der Waals surface area contributed by atoms with Crippen molar-refractivity contribution >= 4 is 28.6 Å². The zero-order valence-electron chi connectivity index (χ0n) is 10.6. The van der Waals surface area contributed by atoms with E-state index in [1.807, 2.05) is 32.0 Å². The molecular weight excluding hydrogens is 266 g/mol. The highest BCUT2D eigenvalue weighted by Gasteiger charge is 2.10. The molecule has 0 bridgehead atoms. The number of halogens is 1. The van der Waals surface area contributed by atoms with Crippen LogP contribution in [-0.4, -0.2) is 5.11 Å². The number of anilines is 1. The fraction of sp³-hybridized carbons (Fsp3) is 0.286. The Hall–Kier alpha value is -1.19. The Morgan fingerprint density at radius 3 is 2.56 bits per heavy atom. The molecule has 0 aliphatic heterocycles. The summed E-state index contributed by atoms with van der Waals surface area (Å²) in [7, 11) is 0. The molecule has 1 aromatic heterocycles. The summed E-state index contributed by atoms with van der Waals surface area (Å²) in [6, 6.07) is 7.90. The van der Waals surface area contributed by atoms with Crippen molar-refractivity contribution in [3.05, 3.63) is 44.6 Å². The summed E-state index contributed by atoms with van der Waals surface area (Å²) < 4.78 is 0.803. The lowest BCUT2D eigenvalue weighted by Gasteiger charge is -2.17. The molecule has 1 aromatic carbocycles. The van der Waals surface area contributed by atoms with E-state index in [0.29, 0.717) is 5.75 Å². The molecule has 96 valence electrons. The molecule has 0 saturated carbocycles. The molecule has 1 atom stereocenters. The molecule has 0 radical (unpaired) electrons. The first kappa shape index (κ1) is 13.2. The fourth-order valence-corrected chi connectivity index (χ4v) is 2.89. The monoisotopic (exact) mass is 281 g/mol. The van der Waals surface area contributed by atoms with Crippen molar-refractivity contribution in [1.29, 1.82) is 0 Å². The number of aromatic hydroxyl groups is 1. The van der Waals surface area contributed by atoms with Crippen LogP contribution in [0.2, 0.25) is 4.34 Å². The van der Waals surface area contributed by atoms with Crippen molar-refractivity contribution in [1.82, 2.24) is 0 Å². The predicted molar refractivity (Wildman–Crippen MR) is 78.9 cm³/mol. The second-order valence-electron chi connectivity index (χ2n) is 4.46. The van der Waals surface area contributed by atoms with Gasteiger partial charge in [0.05, 0.1) is 10.4 Å². The smallest absolute Gasteiger partial charge is 0.118 e. The lowest BCUT2D eigenvalue weighted by atomic mass is 10.1. The Morgan fingerprint density at radius 2 is 1.94 bits per heavy atom. The van der Waals surface area contributed by atoms with Crippen molar-refractivity contribution in [2.24, 2.45) is 0 Å². The molecule has 2 nitrogen and oxygen atoms in total. The number of benzene rings is 1. The molecule has 0 spiro atoms. The number of nitrogens with one attached hydrogen (secondary N) is 1. The van der Waals surface area contributed by atoms with Crippen LogP contribution in [0.15, 0.2) is 24.3 Å². The van der Waals surface area contributed by atoms with Crippen LogP contribution in [-0.2, 0) is 0 Å². The molecule has 4 heteroatoms. The van der Waals surface area contributed by atoms with Crippen molar-refractivity contribution in [3.63, 3.8) is 0 Å². The van der Waals surface area contributed by atoms with E-state index < -0.39 is 0 Å². The molecule has 18 heavy (non-hydrogen) atoms. The number of phenolic OH excluding ortho intramolecular Hbond substituents is 1. The maximum Gasteiger partial charge on any atom is 0.118 e. The second-order valence-corrected chi connectivity index (χ2v) is 6.21. The SMILES string of the molecule is Cc1cc(NC(C)c2ccc(Cl)s2)c(C)cc1O. The number of hydrogen-bond donors (Lipinski definition) is 2. The summed E-state index contributed by atoms with van der Waals surface area (Å²) >= 11 is 7.52. The summed E-state index contributed by atoms with van der Waals surface area (Å²) in [6.07, 6.45) is 0. The van der Waals surface area contributed by atoms with Gasteiger partial charge in [0.2, 0.25) is 0 Å². The Labute approximate surface area is 116 Å². The molecule has 2 rings (SSSR count). The van der Waals surface area contributed by atoms with Crippen LogP contribution in [0.5, 0.6) is 5.75 Å². The van der Waals surface area contributed by atoms with E-state index in [2.05, 4.69) is 12.2 Å². The van der Waals surface area contributed by atoms with Crippen molar-refractivity contribution < 1.29 is 5.11 Å². The van der Waals surface area contributed by atoms with E-state index >= 15 is 0 Å². The standard InChI is InChI=1S/C14H16ClNOS/c1-8-7-12(17)9(2)6-11(8)16-10(3)13-4-5-14(15)18-13/h4-7,10,16-17H,1-3H3. The third kappa shape index (κ3) is 2.79. The quantitative estimate of drug-likeness (QED) is 0.785. The minimum absolute atomic E-state index is 0.199. The Bertz CT molecular complexity index is 565. The molecule has 1 unspecified atom stereocenters. The summed E-state index contributed by atoms with van der Waals surface area (Å²) in [5.41, 5.74) is 2.95. The van der Waals surface area contributed by atoms with Crippen LogP contribution in [0.3, 0.4) is 0 Å². The van der Waals surface area contributed by atoms with E-state index in [0.717, 1.165) is 21.2 Å². The molecule has 0 aliphatic carbocycles. The van der Waals surface area contributed by atoms with Gasteiger partial charge in [0.1, 0.15) is 5.75 Å². The average molecular weight is 282 g/mol.